The number of carbonyl (C=O) groups excluding carboxylic acids is 1. The summed E-state index contributed by atoms with van der Waals surface area (Å²) in [5.74, 6) is 2.01. The largest absolute Gasteiger partial charge is 0.497 e. The number of nitrogens with zero attached hydrogens (tertiary/aromatic N) is 1. The Kier molecular flexibility index (Phi) is 5.23. The Morgan fingerprint density at radius 1 is 0.833 bits per heavy atom. The molecular weight excluding hydrogens is 380 g/mol. The molecule has 1 N–H and O–H groups in total. The molecule has 0 fully saturated rings. The second kappa shape index (κ2) is 7.99. The van der Waals surface area contributed by atoms with E-state index in [0.29, 0.717) is 17.2 Å². The number of fused-ring (bicyclic) bond motifs is 1. The second-order valence-electron chi connectivity index (χ2n) is 7.10. The minimum absolute atomic E-state index is 0.220. The topological polar surface area (TPSA) is 60.0 Å². The van der Waals surface area contributed by atoms with Crippen molar-refractivity contribution in [1.29, 1.82) is 0 Å². The fourth-order valence-electron chi connectivity index (χ4n) is 3.77. The number of aryl methyl sites for hydroxylation is 1. The van der Waals surface area contributed by atoms with E-state index < -0.39 is 0 Å². The maximum absolute atomic E-state index is 13.3. The number of ether oxygens (including phenoxy) is 3. The van der Waals surface area contributed by atoms with Crippen molar-refractivity contribution in [3.8, 4) is 17.2 Å². The van der Waals surface area contributed by atoms with Gasteiger partial charge in [-0.2, -0.15) is 0 Å². The van der Waals surface area contributed by atoms with E-state index in [1.807, 2.05) is 67.6 Å². The highest BCUT2D eigenvalue weighted by atomic mass is 16.5. The Bertz CT molecular complexity index is 1060. The fraction of sp³-hybridized carbons (Fsp3) is 0.208. The van der Waals surface area contributed by atoms with E-state index in [2.05, 4.69) is 5.32 Å². The summed E-state index contributed by atoms with van der Waals surface area (Å²) in [6.45, 7) is 2.02. The van der Waals surface area contributed by atoms with Crippen molar-refractivity contribution < 1.29 is 19.0 Å². The number of amides is 2. The van der Waals surface area contributed by atoms with Gasteiger partial charge in [-0.3, -0.25) is 4.90 Å². The quantitative estimate of drug-likeness (QED) is 0.638. The van der Waals surface area contributed by atoms with Crippen LogP contribution in [0.15, 0.2) is 60.7 Å². The van der Waals surface area contributed by atoms with Crippen LogP contribution in [0, 0.1) is 6.92 Å². The maximum Gasteiger partial charge on any atom is 0.327 e. The lowest BCUT2D eigenvalue weighted by molar-refractivity contribution is 0.254. The van der Waals surface area contributed by atoms with Crippen LogP contribution in [0.25, 0.3) is 0 Å². The summed E-state index contributed by atoms with van der Waals surface area (Å²) in [4.78, 5) is 15.0. The fourth-order valence-corrected chi connectivity index (χ4v) is 3.77. The van der Waals surface area contributed by atoms with Gasteiger partial charge in [0, 0.05) is 23.4 Å². The first kappa shape index (κ1) is 19.6. The number of benzene rings is 3. The number of hydrogen-bond acceptors (Lipinski definition) is 4. The van der Waals surface area contributed by atoms with Crippen LogP contribution in [0.1, 0.15) is 22.7 Å². The standard InChI is InChI=1S/C24H24N2O4/c1-15-5-9-17(10-6-15)26-23(16-7-11-18(28-2)12-8-16)22-20(25-24(26)27)13-19(29-3)14-21(22)30-4/h5-14,23H,1-4H3,(H,25,27). The van der Waals surface area contributed by atoms with Crippen molar-refractivity contribution in [2.45, 2.75) is 13.0 Å². The highest BCUT2D eigenvalue weighted by Gasteiger charge is 2.37. The smallest absolute Gasteiger partial charge is 0.327 e. The van der Waals surface area contributed by atoms with Crippen LogP contribution in [-0.2, 0) is 0 Å². The monoisotopic (exact) mass is 404 g/mol. The molecule has 0 radical (unpaired) electrons. The number of nitrogens with one attached hydrogen (secondary N) is 1. The molecule has 1 unspecified atom stereocenters. The number of hydrogen-bond donors (Lipinski definition) is 1. The van der Waals surface area contributed by atoms with E-state index in [9.17, 15) is 4.79 Å². The molecule has 0 aromatic heterocycles. The molecule has 1 aliphatic heterocycles. The van der Waals surface area contributed by atoms with Crippen LogP contribution >= 0.6 is 0 Å². The van der Waals surface area contributed by atoms with Crippen molar-refractivity contribution in [3.63, 3.8) is 0 Å². The zero-order chi connectivity index (χ0) is 21.3. The van der Waals surface area contributed by atoms with E-state index in [0.717, 1.165) is 28.1 Å². The molecule has 3 aromatic rings. The molecule has 6 heteroatoms. The molecule has 6 nitrogen and oxygen atoms in total. The third kappa shape index (κ3) is 3.41. The Labute approximate surface area is 176 Å². The van der Waals surface area contributed by atoms with E-state index in [1.165, 1.54) is 0 Å². The molecule has 154 valence electrons. The summed E-state index contributed by atoms with van der Waals surface area (Å²) in [7, 11) is 4.84. The van der Waals surface area contributed by atoms with Gasteiger partial charge in [-0.1, -0.05) is 29.8 Å². The van der Waals surface area contributed by atoms with Crippen molar-refractivity contribution in [2.24, 2.45) is 0 Å². The van der Waals surface area contributed by atoms with Gasteiger partial charge in [-0.15, -0.1) is 0 Å². The molecule has 0 spiro atoms. The van der Waals surface area contributed by atoms with Gasteiger partial charge in [-0.05, 0) is 36.8 Å². The van der Waals surface area contributed by atoms with Gasteiger partial charge in [0.15, 0.2) is 0 Å². The molecule has 2 amide bonds. The first-order valence-electron chi connectivity index (χ1n) is 9.62. The van der Waals surface area contributed by atoms with Crippen LogP contribution in [0.4, 0.5) is 16.2 Å². The van der Waals surface area contributed by atoms with Crippen molar-refractivity contribution in [3.05, 3.63) is 77.4 Å². The molecule has 1 heterocycles. The zero-order valence-corrected chi connectivity index (χ0v) is 17.4. The normalized spacial score (nSPS) is 15.3. The average Bonchev–Trinajstić information content (AvgIpc) is 2.78. The zero-order valence-electron chi connectivity index (χ0n) is 17.4. The van der Waals surface area contributed by atoms with Crippen molar-refractivity contribution in [1.82, 2.24) is 0 Å². The lowest BCUT2D eigenvalue weighted by Crippen LogP contribution is -2.43. The van der Waals surface area contributed by atoms with E-state index in [4.69, 9.17) is 14.2 Å². The highest BCUT2D eigenvalue weighted by Crippen LogP contribution is 2.46. The molecule has 30 heavy (non-hydrogen) atoms. The first-order chi connectivity index (χ1) is 14.5. The van der Waals surface area contributed by atoms with Gasteiger partial charge >= 0.3 is 6.03 Å². The summed E-state index contributed by atoms with van der Waals surface area (Å²) in [6.07, 6.45) is 0. The number of anilines is 2. The molecular formula is C24H24N2O4. The summed E-state index contributed by atoms with van der Waals surface area (Å²) in [5, 5.41) is 3.00. The maximum atomic E-state index is 13.3. The van der Waals surface area contributed by atoms with Gasteiger partial charge < -0.3 is 19.5 Å². The Morgan fingerprint density at radius 2 is 1.50 bits per heavy atom. The van der Waals surface area contributed by atoms with Crippen molar-refractivity contribution in [2.75, 3.05) is 31.5 Å². The number of urea groups is 1. The molecule has 1 aliphatic rings. The SMILES string of the molecule is COc1ccc(C2c3c(cc(OC)cc3OC)NC(=O)N2c2ccc(C)cc2)cc1. The minimum atomic E-state index is -0.386. The van der Waals surface area contributed by atoms with E-state index in [-0.39, 0.29) is 12.1 Å². The Hall–Kier alpha value is -3.67. The second-order valence-corrected chi connectivity index (χ2v) is 7.10. The van der Waals surface area contributed by atoms with Crippen LogP contribution in [0.2, 0.25) is 0 Å². The lowest BCUT2D eigenvalue weighted by Gasteiger charge is -2.38. The molecule has 0 aliphatic carbocycles. The van der Waals surface area contributed by atoms with Crippen LogP contribution in [0.3, 0.4) is 0 Å². The third-order valence-corrected chi connectivity index (χ3v) is 5.31. The first-order valence-corrected chi connectivity index (χ1v) is 9.62. The number of carbonyl (C=O) groups is 1. The third-order valence-electron chi connectivity index (χ3n) is 5.31. The lowest BCUT2D eigenvalue weighted by atomic mass is 9.92. The van der Waals surface area contributed by atoms with Crippen LogP contribution in [-0.4, -0.2) is 27.4 Å². The molecule has 0 saturated heterocycles. The molecule has 0 saturated carbocycles. The minimum Gasteiger partial charge on any atom is -0.497 e. The van der Waals surface area contributed by atoms with Crippen LogP contribution in [0.5, 0.6) is 17.2 Å². The molecule has 1 atom stereocenters. The summed E-state index contributed by atoms with van der Waals surface area (Å²) in [6, 6.07) is 18.7. The number of methoxy groups -OCH3 is 3. The average molecular weight is 404 g/mol. The van der Waals surface area contributed by atoms with Gasteiger partial charge in [0.25, 0.3) is 0 Å². The predicted molar refractivity (Wildman–Crippen MR) is 117 cm³/mol. The summed E-state index contributed by atoms with van der Waals surface area (Å²) >= 11 is 0. The van der Waals surface area contributed by atoms with Crippen LogP contribution < -0.4 is 24.4 Å². The molecule has 0 bridgehead atoms. The summed E-state index contributed by atoms with van der Waals surface area (Å²) < 4.78 is 16.4. The van der Waals surface area contributed by atoms with Gasteiger partial charge in [0.2, 0.25) is 0 Å². The number of rotatable bonds is 5. The van der Waals surface area contributed by atoms with Crippen molar-refractivity contribution >= 4 is 17.4 Å². The van der Waals surface area contributed by atoms with E-state index in [1.54, 1.807) is 26.2 Å². The highest BCUT2D eigenvalue weighted by molar-refractivity contribution is 6.06. The van der Waals surface area contributed by atoms with Gasteiger partial charge in [0.05, 0.1) is 33.1 Å². The van der Waals surface area contributed by atoms with Gasteiger partial charge in [0.1, 0.15) is 17.2 Å². The molecule has 4 rings (SSSR count). The predicted octanol–water partition coefficient (Wildman–Crippen LogP) is 5.16. The Balaban J connectivity index is 1.94. The Morgan fingerprint density at radius 3 is 2.10 bits per heavy atom. The van der Waals surface area contributed by atoms with Gasteiger partial charge in [-0.25, -0.2) is 4.79 Å². The summed E-state index contributed by atoms with van der Waals surface area (Å²) in [5.41, 5.74) is 4.39. The molecule has 3 aromatic carbocycles. The van der Waals surface area contributed by atoms with E-state index >= 15 is 0 Å².